The predicted molar refractivity (Wildman–Crippen MR) is 93.2 cm³/mol. The van der Waals surface area contributed by atoms with E-state index in [1.807, 2.05) is 6.07 Å². The molecule has 1 saturated heterocycles. The summed E-state index contributed by atoms with van der Waals surface area (Å²) in [4.78, 5) is 8.42. The van der Waals surface area contributed by atoms with Gasteiger partial charge < -0.3 is 5.73 Å². The zero-order valence-electron chi connectivity index (χ0n) is 13.5. The third kappa shape index (κ3) is 2.96. The molecule has 130 valence electrons. The summed E-state index contributed by atoms with van der Waals surface area (Å²) < 4.78 is 28.8. The number of hydrogen-bond donors (Lipinski definition) is 1. The molecule has 0 amide bonds. The highest BCUT2D eigenvalue weighted by molar-refractivity contribution is 7.89. The van der Waals surface area contributed by atoms with Crippen LogP contribution in [-0.2, 0) is 10.0 Å². The summed E-state index contributed by atoms with van der Waals surface area (Å²) in [5.41, 5.74) is 7.73. The number of nitrogens with two attached hydrogens (primary N) is 1. The Morgan fingerprint density at radius 1 is 1.04 bits per heavy atom. The topological polar surface area (TPSA) is 106 Å². The van der Waals surface area contributed by atoms with Gasteiger partial charge in [-0.2, -0.15) is 9.29 Å². The standard InChI is InChI=1S/C16H18N6O2S/c17-16-19-15-5-4-12(11-22(15)20-16)13-8-14(10-18-9-13)25(23,24)21-6-2-1-3-7-21/h4-5,8-11H,1-3,6-7H2,(H2,17,20). The molecule has 0 unspecified atom stereocenters. The highest BCUT2D eigenvalue weighted by atomic mass is 32.2. The summed E-state index contributed by atoms with van der Waals surface area (Å²) in [5, 5.41) is 4.08. The van der Waals surface area contributed by atoms with Crippen LogP contribution in [0.3, 0.4) is 0 Å². The maximum atomic E-state index is 12.8. The third-order valence-electron chi connectivity index (χ3n) is 4.35. The van der Waals surface area contributed by atoms with E-state index in [9.17, 15) is 8.42 Å². The van der Waals surface area contributed by atoms with Crippen molar-refractivity contribution in [2.45, 2.75) is 24.2 Å². The summed E-state index contributed by atoms with van der Waals surface area (Å²) in [6.07, 6.45) is 7.67. The van der Waals surface area contributed by atoms with Crippen LogP contribution in [0, 0.1) is 0 Å². The predicted octanol–water partition coefficient (Wildman–Crippen LogP) is 1.55. The van der Waals surface area contributed by atoms with Gasteiger partial charge in [0.15, 0.2) is 5.65 Å². The second-order valence-corrected chi connectivity index (χ2v) is 8.00. The van der Waals surface area contributed by atoms with Crippen molar-refractivity contribution in [3.05, 3.63) is 36.8 Å². The zero-order chi connectivity index (χ0) is 17.4. The van der Waals surface area contributed by atoms with Gasteiger partial charge in [0.05, 0.1) is 0 Å². The van der Waals surface area contributed by atoms with E-state index in [1.165, 1.54) is 6.20 Å². The number of fused-ring (bicyclic) bond motifs is 1. The maximum Gasteiger partial charge on any atom is 0.244 e. The molecule has 2 N–H and O–H groups in total. The molecule has 4 heterocycles. The molecule has 0 radical (unpaired) electrons. The number of sulfonamides is 1. The molecule has 1 aliphatic rings. The van der Waals surface area contributed by atoms with Gasteiger partial charge in [-0.3, -0.25) is 4.98 Å². The lowest BCUT2D eigenvalue weighted by atomic mass is 10.1. The van der Waals surface area contributed by atoms with E-state index in [-0.39, 0.29) is 10.8 Å². The number of nitrogen functional groups attached to an aromatic ring is 1. The fourth-order valence-electron chi connectivity index (χ4n) is 3.04. The Labute approximate surface area is 145 Å². The van der Waals surface area contributed by atoms with Gasteiger partial charge in [0, 0.05) is 42.8 Å². The van der Waals surface area contributed by atoms with Gasteiger partial charge in [0.1, 0.15) is 4.90 Å². The molecule has 3 aromatic rings. The molecule has 0 spiro atoms. The van der Waals surface area contributed by atoms with Gasteiger partial charge in [0.25, 0.3) is 0 Å². The number of hydrogen-bond acceptors (Lipinski definition) is 6. The first-order valence-electron chi connectivity index (χ1n) is 8.11. The Balaban J connectivity index is 1.72. The second-order valence-electron chi connectivity index (χ2n) is 6.06. The first-order chi connectivity index (χ1) is 12.0. The number of piperidine rings is 1. The van der Waals surface area contributed by atoms with Crippen molar-refractivity contribution in [2.24, 2.45) is 0 Å². The average molecular weight is 358 g/mol. The van der Waals surface area contributed by atoms with E-state index in [0.717, 1.165) is 24.8 Å². The normalized spacial score (nSPS) is 16.3. The van der Waals surface area contributed by atoms with Crippen molar-refractivity contribution in [1.29, 1.82) is 0 Å². The Morgan fingerprint density at radius 2 is 1.84 bits per heavy atom. The highest BCUT2D eigenvalue weighted by Crippen LogP contribution is 2.25. The molecule has 9 heteroatoms. The van der Waals surface area contributed by atoms with Gasteiger partial charge in [-0.25, -0.2) is 12.9 Å². The molecule has 0 atom stereocenters. The lowest BCUT2D eigenvalue weighted by Crippen LogP contribution is -2.35. The number of rotatable bonds is 3. The minimum atomic E-state index is -3.51. The monoisotopic (exact) mass is 358 g/mol. The van der Waals surface area contributed by atoms with Crippen molar-refractivity contribution >= 4 is 21.6 Å². The van der Waals surface area contributed by atoms with Gasteiger partial charge >= 0.3 is 0 Å². The summed E-state index contributed by atoms with van der Waals surface area (Å²) in [5.74, 6) is 0.191. The lowest BCUT2D eigenvalue weighted by molar-refractivity contribution is 0.346. The van der Waals surface area contributed by atoms with Gasteiger partial charge in [0.2, 0.25) is 16.0 Å². The summed E-state index contributed by atoms with van der Waals surface area (Å²) >= 11 is 0. The largest absolute Gasteiger partial charge is 0.366 e. The van der Waals surface area contributed by atoms with Crippen molar-refractivity contribution in [3.8, 4) is 11.1 Å². The summed E-state index contributed by atoms with van der Waals surface area (Å²) in [6.45, 7) is 1.13. The minimum Gasteiger partial charge on any atom is -0.366 e. The molecular weight excluding hydrogens is 340 g/mol. The SMILES string of the molecule is Nc1nc2ccc(-c3cncc(S(=O)(=O)N4CCCCC4)c3)cn2n1. The Bertz CT molecular complexity index is 1020. The third-order valence-corrected chi connectivity index (χ3v) is 6.21. The Kier molecular flexibility index (Phi) is 3.89. The maximum absolute atomic E-state index is 12.8. The van der Waals surface area contributed by atoms with Gasteiger partial charge in [-0.15, -0.1) is 5.10 Å². The average Bonchev–Trinajstić information content (AvgIpc) is 3.01. The molecular formula is C16H18N6O2S. The quantitative estimate of drug-likeness (QED) is 0.761. The van der Waals surface area contributed by atoms with Crippen LogP contribution in [0.2, 0.25) is 0 Å². The number of nitrogens with zero attached hydrogens (tertiary/aromatic N) is 5. The number of pyridine rings is 2. The smallest absolute Gasteiger partial charge is 0.244 e. The van der Waals surface area contributed by atoms with Crippen molar-refractivity contribution in [3.63, 3.8) is 0 Å². The first kappa shape index (κ1) is 16.0. The van der Waals surface area contributed by atoms with E-state index in [4.69, 9.17) is 5.73 Å². The number of anilines is 1. The van der Waals surface area contributed by atoms with Crippen molar-refractivity contribution < 1.29 is 8.42 Å². The first-order valence-corrected chi connectivity index (χ1v) is 9.55. The lowest BCUT2D eigenvalue weighted by Gasteiger charge is -2.25. The van der Waals surface area contributed by atoms with Crippen molar-refractivity contribution in [2.75, 3.05) is 18.8 Å². The Morgan fingerprint density at radius 3 is 2.64 bits per heavy atom. The summed E-state index contributed by atoms with van der Waals surface area (Å²) in [7, 11) is -3.51. The molecule has 0 saturated carbocycles. The van der Waals surface area contributed by atoms with Gasteiger partial charge in [-0.05, 0) is 31.0 Å². The van der Waals surface area contributed by atoms with E-state index < -0.39 is 10.0 Å². The molecule has 4 rings (SSSR count). The molecule has 1 fully saturated rings. The molecule has 8 nitrogen and oxygen atoms in total. The fourth-order valence-corrected chi connectivity index (χ4v) is 4.55. The molecule has 0 aromatic carbocycles. The molecule has 25 heavy (non-hydrogen) atoms. The fraction of sp³-hybridized carbons (Fsp3) is 0.312. The van der Waals surface area contributed by atoms with Crippen molar-refractivity contribution in [1.82, 2.24) is 23.9 Å². The minimum absolute atomic E-state index is 0.191. The zero-order valence-corrected chi connectivity index (χ0v) is 14.4. The second kappa shape index (κ2) is 6.08. The summed E-state index contributed by atoms with van der Waals surface area (Å²) in [6, 6.07) is 5.28. The van der Waals surface area contributed by atoms with E-state index in [0.29, 0.717) is 24.3 Å². The van der Waals surface area contributed by atoms with Crippen LogP contribution < -0.4 is 5.73 Å². The molecule has 1 aliphatic heterocycles. The highest BCUT2D eigenvalue weighted by Gasteiger charge is 2.26. The van der Waals surface area contributed by atoms with Gasteiger partial charge in [-0.1, -0.05) is 6.42 Å². The molecule has 0 bridgehead atoms. The number of aromatic nitrogens is 4. The van der Waals surface area contributed by atoms with Crippen LogP contribution in [0.1, 0.15) is 19.3 Å². The van der Waals surface area contributed by atoms with E-state index >= 15 is 0 Å². The Hall–Kier alpha value is -2.52. The molecule has 3 aromatic heterocycles. The van der Waals surface area contributed by atoms with Crippen LogP contribution in [0.25, 0.3) is 16.8 Å². The van der Waals surface area contributed by atoms with Crippen LogP contribution in [-0.4, -0.2) is 45.4 Å². The van der Waals surface area contributed by atoms with Crippen LogP contribution >= 0.6 is 0 Å². The van der Waals surface area contributed by atoms with E-state index in [2.05, 4.69) is 15.1 Å². The van der Waals surface area contributed by atoms with Crippen LogP contribution in [0.4, 0.5) is 5.95 Å². The van der Waals surface area contributed by atoms with E-state index in [1.54, 1.807) is 33.3 Å². The van der Waals surface area contributed by atoms with Crippen LogP contribution in [0.5, 0.6) is 0 Å². The molecule has 0 aliphatic carbocycles. The van der Waals surface area contributed by atoms with Crippen LogP contribution in [0.15, 0.2) is 41.7 Å².